The van der Waals surface area contributed by atoms with Gasteiger partial charge in [-0.15, -0.1) is 0 Å². The lowest BCUT2D eigenvalue weighted by molar-refractivity contribution is -0.0575. The maximum Gasteiger partial charge on any atom is 0.0827 e. The quantitative estimate of drug-likeness (QED) is 0.156. The summed E-state index contributed by atoms with van der Waals surface area (Å²) in [6.45, 7) is 16.2. The van der Waals surface area contributed by atoms with Gasteiger partial charge < -0.3 is 0 Å². The van der Waals surface area contributed by atoms with Crippen LogP contribution in [0.4, 0.5) is 0 Å². The van der Waals surface area contributed by atoms with Gasteiger partial charge in [-0.05, 0) is 98.2 Å². The third kappa shape index (κ3) is 7.11. The molecule has 0 aromatic heterocycles. The molecule has 3 saturated carbocycles. The molecule has 3 heteroatoms. The average Bonchev–Trinajstić information content (AvgIpc) is 3.14. The van der Waals surface area contributed by atoms with Crippen molar-refractivity contribution in [1.29, 1.82) is 0 Å². The Balaban J connectivity index is 0.000000509. The van der Waals surface area contributed by atoms with E-state index in [1.54, 1.807) is 5.57 Å². The third-order valence-corrected chi connectivity index (χ3v) is 11.4. The lowest BCUT2D eigenvalue weighted by Crippen LogP contribution is -2.49. The zero-order valence-electron chi connectivity index (χ0n) is 24.6. The van der Waals surface area contributed by atoms with Crippen molar-refractivity contribution in [2.45, 2.75) is 143 Å². The molecule has 204 valence electrons. The molecule has 3 fully saturated rings. The summed E-state index contributed by atoms with van der Waals surface area (Å²) in [6.07, 6.45) is 20.4. The van der Waals surface area contributed by atoms with Crippen LogP contribution in [0.5, 0.6) is 0 Å². The zero-order valence-corrected chi connectivity index (χ0v) is 25.5. The van der Waals surface area contributed by atoms with E-state index >= 15 is 0 Å². The molecule has 4 aliphatic rings. The molecule has 0 amide bonds. The number of hydroxylamine groups is 1. The van der Waals surface area contributed by atoms with Crippen LogP contribution in [-0.2, 0) is 4.84 Å². The molecule has 0 bridgehead atoms. The summed E-state index contributed by atoms with van der Waals surface area (Å²) in [7, 11) is 1.90. The van der Waals surface area contributed by atoms with Crippen LogP contribution in [0.3, 0.4) is 0 Å². The van der Waals surface area contributed by atoms with Crippen molar-refractivity contribution in [3.8, 4) is 0 Å². The van der Waals surface area contributed by atoms with Crippen LogP contribution in [0.1, 0.15) is 132 Å². The zero-order chi connectivity index (χ0) is 25.9. The average molecular weight is 506 g/mol. The van der Waals surface area contributed by atoms with Crippen LogP contribution in [-0.4, -0.2) is 17.9 Å². The molecule has 0 spiro atoms. The van der Waals surface area contributed by atoms with Crippen molar-refractivity contribution in [3.05, 3.63) is 11.6 Å². The minimum atomic E-state index is 0.329. The molecule has 0 radical (unpaired) electrons. The molecule has 35 heavy (non-hydrogen) atoms. The Morgan fingerprint density at radius 1 is 1.06 bits per heavy atom. The van der Waals surface area contributed by atoms with E-state index in [9.17, 15) is 0 Å². The molecular formula is C32H59NOS. The Kier molecular flexibility index (Phi) is 10.3. The fourth-order valence-electron chi connectivity index (χ4n) is 7.98. The predicted octanol–water partition coefficient (Wildman–Crippen LogP) is 9.41. The van der Waals surface area contributed by atoms with Gasteiger partial charge in [0.25, 0.3) is 0 Å². The van der Waals surface area contributed by atoms with Gasteiger partial charge in [0.05, 0.1) is 6.10 Å². The molecule has 0 aromatic carbocycles. The van der Waals surface area contributed by atoms with Gasteiger partial charge in [0, 0.05) is 11.8 Å². The summed E-state index contributed by atoms with van der Waals surface area (Å²) in [4.78, 5) is 5.77. The largest absolute Gasteiger partial charge is 0.298 e. The van der Waals surface area contributed by atoms with E-state index in [4.69, 9.17) is 17.5 Å². The van der Waals surface area contributed by atoms with Gasteiger partial charge in [0.15, 0.2) is 0 Å². The second-order valence-corrected chi connectivity index (χ2v) is 15.3. The molecule has 4 aliphatic carbocycles. The smallest absolute Gasteiger partial charge is 0.0827 e. The molecule has 2 nitrogen and oxygen atoms in total. The van der Waals surface area contributed by atoms with Gasteiger partial charge in [0.1, 0.15) is 0 Å². The minimum absolute atomic E-state index is 0.329. The summed E-state index contributed by atoms with van der Waals surface area (Å²) in [5.41, 5.74) is 5.62. The fraction of sp³-hybridized carbons (Fsp3) is 0.938. The fourth-order valence-corrected chi connectivity index (χ4v) is 8.59. The number of thiol groups is 1. The lowest BCUT2D eigenvalue weighted by Gasteiger charge is -2.56. The molecule has 0 heterocycles. The maximum absolute atomic E-state index is 5.77. The van der Waals surface area contributed by atoms with Crippen LogP contribution in [0.15, 0.2) is 11.6 Å². The highest BCUT2D eigenvalue weighted by molar-refractivity contribution is 7.81. The first-order valence-electron chi connectivity index (χ1n) is 15.2. The summed E-state index contributed by atoms with van der Waals surface area (Å²) in [5, 5.41) is 0. The minimum Gasteiger partial charge on any atom is -0.298 e. The maximum atomic E-state index is 5.77. The predicted molar refractivity (Wildman–Crippen MR) is 156 cm³/mol. The van der Waals surface area contributed by atoms with E-state index in [0.717, 1.165) is 36.0 Å². The van der Waals surface area contributed by atoms with Crippen molar-refractivity contribution in [1.82, 2.24) is 5.48 Å². The van der Waals surface area contributed by atoms with E-state index in [1.807, 2.05) is 7.05 Å². The highest BCUT2D eigenvalue weighted by Crippen LogP contribution is 2.64. The summed E-state index contributed by atoms with van der Waals surface area (Å²) < 4.78 is 0.329. The number of unbranched alkanes of at least 4 members (excludes halogenated alkanes) is 1. The Hall–Kier alpha value is 0.01000. The third-order valence-electron chi connectivity index (χ3n) is 10.6. The first kappa shape index (κ1) is 29.6. The van der Waals surface area contributed by atoms with Gasteiger partial charge in [0.2, 0.25) is 0 Å². The second-order valence-electron chi connectivity index (χ2n) is 14.4. The van der Waals surface area contributed by atoms with E-state index < -0.39 is 0 Å². The molecule has 7 unspecified atom stereocenters. The van der Waals surface area contributed by atoms with Crippen LogP contribution in [0.25, 0.3) is 0 Å². The number of rotatable bonds is 7. The van der Waals surface area contributed by atoms with E-state index in [-0.39, 0.29) is 0 Å². The molecule has 0 saturated heterocycles. The lowest BCUT2D eigenvalue weighted by atomic mass is 9.50. The van der Waals surface area contributed by atoms with Crippen molar-refractivity contribution < 1.29 is 4.84 Å². The SMILES string of the molecule is CCC(C)(C)C.CNOC1CCC2(C)C(=CCC3C4CCC(S)(CCCCC(C)C)C4CCC32)C1. The Bertz CT molecular complexity index is 696. The number of hydrogen-bond acceptors (Lipinski definition) is 3. The molecule has 0 aliphatic heterocycles. The van der Waals surface area contributed by atoms with Crippen molar-refractivity contribution >= 4 is 12.6 Å². The molecule has 7 atom stereocenters. The summed E-state index contributed by atoms with van der Waals surface area (Å²) in [5.74, 6) is 4.45. The molecule has 0 aromatic rings. The number of hydrogen-bond donors (Lipinski definition) is 2. The molecule has 4 rings (SSSR count). The monoisotopic (exact) mass is 505 g/mol. The van der Waals surface area contributed by atoms with Crippen LogP contribution < -0.4 is 5.48 Å². The summed E-state index contributed by atoms with van der Waals surface area (Å²) in [6, 6.07) is 0. The van der Waals surface area contributed by atoms with Crippen LogP contribution >= 0.6 is 12.6 Å². The van der Waals surface area contributed by atoms with E-state index in [2.05, 4.69) is 60.0 Å². The van der Waals surface area contributed by atoms with Gasteiger partial charge in [-0.1, -0.05) is 85.8 Å². The van der Waals surface area contributed by atoms with E-state index in [0.29, 0.717) is 21.7 Å². The van der Waals surface area contributed by atoms with Crippen LogP contribution in [0, 0.1) is 40.4 Å². The van der Waals surface area contributed by atoms with Crippen molar-refractivity contribution in [2.24, 2.45) is 40.4 Å². The van der Waals surface area contributed by atoms with Gasteiger partial charge in [-0.3, -0.25) is 4.84 Å². The first-order chi connectivity index (χ1) is 16.4. The standard InChI is InChI=1S/C26H45NOS.C6H14/c1-18(2)7-5-6-14-26(29)16-13-22-21-9-8-19-17-20(28-27-4)12-15-25(19,3)23(21)10-11-24(22)26;1-5-6(2,3)4/h8,18,20-24,27,29H,5-7,9-17H2,1-4H3;5H2,1-4H3. The Morgan fingerprint density at radius 3 is 2.37 bits per heavy atom. The Labute approximate surface area is 224 Å². The van der Waals surface area contributed by atoms with Gasteiger partial charge in [-0.2, -0.15) is 12.6 Å². The topological polar surface area (TPSA) is 21.3 Å². The Morgan fingerprint density at radius 2 is 1.74 bits per heavy atom. The van der Waals surface area contributed by atoms with E-state index in [1.165, 1.54) is 77.0 Å². The van der Waals surface area contributed by atoms with Crippen molar-refractivity contribution in [3.63, 3.8) is 0 Å². The second kappa shape index (κ2) is 12.2. The van der Waals surface area contributed by atoms with Gasteiger partial charge >= 0.3 is 0 Å². The van der Waals surface area contributed by atoms with Crippen LogP contribution in [0.2, 0.25) is 0 Å². The normalized spacial score (nSPS) is 38.7. The van der Waals surface area contributed by atoms with Crippen molar-refractivity contribution in [2.75, 3.05) is 7.05 Å². The summed E-state index contributed by atoms with van der Waals surface area (Å²) >= 11 is 5.39. The number of fused-ring (bicyclic) bond motifs is 5. The number of nitrogens with one attached hydrogen (secondary N) is 1. The number of allylic oxidation sites excluding steroid dienone is 1. The highest BCUT2D eigenvalue weighted by Gasteiger charge is 2.57. The first-order valence-corrected chi connectivity index (χ1v) is 15.6. The van der Waals surface area contributed by atoms with Gasteiger partial charge in [-0.25, -0.2) is 5.48 Å². The molecular weight excluding hydrogens is 446 g/mol. The molecule has 1 N–H and O–H groups in total. The highest BCUT2D eigenvalue weighted by atomic mass is 32.1.